The summed E-state index contributed by atoms with van der Waals surface area (Å²) in [5.41, 5.74) is 3.57. The molecule has 29 heavy (non-hydrogen) atoms. The first-order chi connectivity index (χ1) is 14.0. The summed E-state index contributed by atoms with van der Waals surface area (Å²) < 4.78 is 25.3. The minimum Gasteiger partial charge on any atom is -0.366 e. The Morgan fingerprint density at radius 3 is 2.07 bits per heavy atom. The molecule has 3 aromatic carbocycles. The van der Waals surface area contributed by atoms with Crippen molar-refractivity contribution in [3.63, 3.8) is 0 Å². The first kappa shape index (κ1) is 20.6. The van der Waals surface area contributed by atoms with Crippen molar-refractivity contribution in [2.45, 2.75) is 18.7 Å². The Kier molecular flexibility index (Phi) is 6.67. The molecule has 0 amide bonds. The van der Waals surface area contributed by atoms with Gasteiger partial charge in [0.05, 0.1) is 17.2 Å². The third-order valence-corrected chi connectivity index (χ3v) is 5.81. The van der Waals surface area contributed by atoms with Gasteiger partial charge < -0.3 is 4.90 Å². The molecule has 0 aliphatic carbocycles. The van der Waals surface area contributed by atoms with Crippen LogP contribution in [0.3, 0.4) is 0 Å². The molecular weight excluding hydrogens is 382 g/mol. The highest BCUT2D eigenvalue weighted by Crippen LogP contribution is 2.15. The Balaban J connectivity index is 1.90. The van der Waals surface area contributed by atoms with Gasteiger partial charge in [0.2, 0.25) is 0 Å². The molecule has 0 radical (unpaired) electrons. The van der Waals surface area contributed by atoms with E-state index in [4.69, 9.17) is 0 Å². The van der Waals surface area contributed by atoms with Crippen molar-refractivity contribution >= 4 is 21.4 Å². The summed E-state index contributed by atoms with van der Waals surface area (Å²) in [7, 11) is -3.74. The number of aryl methyl sites for hydroxylation is 1. The third-order valence-electron chi connectivity index (χ3n) is 4.58. The number of para-hydroxylation sites is 1. The molecule has 0 heterocycles. The summed E-state index contributed by atoms with van der Waals surface area (Å²) in [6, 6.07) is 26.3. The molecule has 0 saturated carbocycles. The predicted molar refractivity (Wildman–Crippen MR) is 119 cm³/mol. The van der Waals surface area contributed by atoms with Gasteiger partial charge in [-0.1, -0.05) is 66.2 Å². The monoisotopic (exact) mass is 407 g/mol. The fourth-order valence-corrected chi connectivity index (χ4v) is 3.74. The van der Waals surface area contributed by atoms with Gasteiger partial charge >= 0.3 is 0 Å². The van der Waals surface area contributed by atoms with Gasteiger partial charge in [0.15, 0.2) is 0 Å². The van der Waals surface area contributed by atoms with Crippen LogP contribution in [-0.4, -0.2) is 27.2 Å². The van der Waals surface area contributed by atoms with E-state index in [2.05, 4.69) is 21.8 Å². The van der Waals surface area contributed by atoms with Crippen LogP contribution >= 0.6 is 0 Å². The smallest absolute Gasteiger partial charge is 0.276 e. The van der Waals surface area contributed by atoms with E-state index in [0.29, 0.717) is 12.3 Å². The second-order valence-corrected chi connectivity index (χ2v) is 8.34. The van der Waals surface area contributed by atoms with E-state index >= 15 is 0 Å². The highest BCUT2D eigenvalue weighted by Gasteiger charge is 2.15. The highest BCUT2D eigenvalue weighted by molar-refractivity contribution is 7.89. The van der Waals surface area contributed by atoms with E-state index < -0.39 is 10.0 Å². The Morgan fingerprint density at radius 2 is 1.48 bits per heavy atom. The molecule has 0 aliphatic rings. The summed E-state index contributed by atoms with van der Waals surface area (Å²) in [5, 5.41) is 4.31. The summed E-state index contributed by atoms with van der Waals surface area (Å²) >= 11 is 0. The molecule has 0 bridgehead atoms. The number of hydrogen-bond acceptors (Lipinski definition) is 4. The van der Waals surface area contributed by atoms with Crippen LogP contribution in [0.4, 0.5) is 5.69 Å². The number of benzene rings is 3. The number of anilines is 1. The molecule has 3 rings (SSSR count). The SMILES string of the molecule is CCN(C/C(=N/NS(=O)(=O)c1ccc(C)cc1)c1ccccc1)c1ccccc1. The quantitative estimate of drug-likeness (QED) is 0.450. The largest absolute Gasteiger partial charge is 0.366 e. The van der Waals surface area contributed by atoms with E-state index in [9.17, 15) is 8.42 Å². The maximum Gasteiger partial charge on any atom is 0.276 e. The molecule has 3 aromatic rings. The van der Waals surface area contributed by atoms with Crippen molar-refractivity contribution in [1.29, 1.82) is 0 Å². The minimum absolute atomic E-state index is 0.190. The lowest BCUT2D eigenvalue weighted by molar-refractivity contribution is 0.584. The zero-order valence-corrected chi connectivity index (χ0v) is 17.4. The molecule has 5 nitrogen and oxygen atoms in total. The number of nitrogens with zero attached hydrogens (tertiary/aromatic N) is 2. The van der Waals surface area contributed by atoms with Crippen LogP contribution in [0, 0.1) is 6.92 Å². The van der Waals surface area contributed by atoms with E-state index in [1.165, 1.54) is 0 Å². The van der Waals surface area contributed by atoms with Gasteiger partial charge in [0.1, 0.15) is 0 Å². The average Bonchev–Trinajstić information content (AvgIpc) is 2.75. The van der Waals surface area contributed by atoms with E-state index in [0.717, 1.165) is 23.4 Å². The minimum atomic E-state index is -3.74. The van der Waals surface area contributed by atoms with E-state index in [-0.39, 0.29) is 4.90 Å². The lowest BCUT2D eigenvalue weighted by Gasteiger charge is -2.24. The molecule has 6 heteroatoms. The number of hydrogen-bond donors (Lipinski definition) is 1. The van der Waals surface area contributed by atoms with Gasteiger partial charge in [-0.25, -0.2) is 0 Å². The number of hydrazone groups is 1. The molecule has 0 atom stereocenters. The van der Waals surface area contributed by atoms with Gasteiger partial charge in [0.25, 0.3) is 10.0 Å². The molecule has 0 unspecified atom stereocenters. The van der Waals surface area contributed by atoms with E-state index in [1.54, 1.807) is 24.3 Å². The lowest BCUT2D eigenvalue weighted by atomic mass is 10.1. The van der Waals surface area contributed by atoms with E-state index in [1.807, 2.05) is 67.6 Å². The molecule has 0 spiro atoms. The molecule has 0 fully saturated rings. The zero-order chi connectivity index (χ0) is 20.7. The number of likely N-dealkylation sites (N-methyl/N-ethyl adjacent to an activating group) is 1. The number of sulfonamides is 1. The van der Waals surface area contributed by atoms with Crippen molar-refractivity contribution in [2.24, 2.45) is 5.10 Å². The predicted octanol–water partition coefficient (Wildman–Crippen LogP) is 4.20. The van der Waals surface area contributed by atoms with Crippen molar-refractivity contribution in [1.82, 2.24) is 4.83 Å². The standard InChI is InChI=1S/C23H25N3O2S/c1-3-26(21-12-8-5-9-13-21)18-23(20-10-6-4-7-11-20)24-25-29(27,28)22-16-14-19(2)15-17-22/h4-17,25H,3,18H2,1-2H3/b24-23-. The summed E-state index contributed by atoms with van der Waals surface area (Å²) in [6.45, 7) is 5.21. The fraction of sp³-hybridized carbons (Fsp3) is 0.174. The van der Waals surface area contributed by atoms with Crippen molar-refractivity contribution in [3.05, 3.63) is 96.1 Å². The van der Waals surface area contributed by atoms with Gasteiger partial charge in [-0.15, -0.1) is 0 Å². The summed E-state index contributed by atoms with van der Waals surface area (Å²) in [5.74, 6) is 0. The summed E-state index contributed by atoms with van der Waals surface area (Å²) in [4.78, 5) is 4.74. The number of rotatable bonds is 8. The third kappa shape index (κ3) is 5.45. The second kappa shape index (κ2) is 9.39. The van der Waals surface area contributed by atoms with Crippen LogP contribution in [0.2, 0.25) is 0 Å². The van der Waals surface area contributed by atoms with Gasteiger partial charge in [-0.05, 0) is 43.7 Å². The first-order valence-corrected chi connectivity index (χ1v) is 11.0. The zero-order valence-electron chi connectivity index (χ0n) is 16.6. The van der Waals surface area contributed by atoms with Crippen LogP contribution in [-0.2, 0) is 10.0 Å². The Labute approximate surface area is 172 Å². The highest BCUT2D eigenvalue weighted by atomic mass is 32.2. The summed E-state index contributed by atoms with van der Waals surface area (Å²) in [6.07, 6.45) is 0. The van der Waals surface area contributed by atoms with Crippen LogP contribution < -0.4 is 9.73 Å². The Morgan fingerprint density at radius 1 is 0.897 bits per heavy atom. The van der Waals surface area contributed by atoms with Gasteiger partial charge in [-0.2, -0.15) is 18.4 Å². The molecule has 0 saturated heterocycles. The van der Waals surface area contributed by atoms with Crippen molar-refractivity contribution in [3.8, 4) is 0 Å². The van der Waals surface area contributed by atoms with Gasteiger partial charge in [0, 0.05) is 12.2 Å². The van der Waals surface area contributed by atoms with Crippen molar-refractivity contribution in [2.75, 3.05) is 18.0 Å². The topological polar surface area (TPSA) is 61.8 Å². The Hall–Kier alpha value is -3.12. The molecule has 0 aliphatic heterocycles. The molecule has 0 aromatic heterocycles. The van der Waals surface area contributed by atoms with Crippen LogP contribution in [0.1, 0.15) is 18.1 Å². The molecular formula is C23H25N3O2S. The fourth-order valence-electron chi connectivity index (χ4n) is 2.91. The maximum atomic E-state index is 12.7. The van der Waals surface area contributed by atoms with Crippen molar-refractivity contribution < 1.29 is 8.42 Å². The normalized spacial score (nSPS) is 11.9. The second-order valence-electron chi connectivity index (χ2n) is 6.68. The average molecular weight is 408 g/mol. The molecule has 1 N–H and O–H groups in total. The maximum absolute atomic E-state index is 12.7. The van der Waals surface area contributed by atoms with Crippen LogP contribution in [0.25, 0.3) is 0 Å². The van der Waals surface area contributed by atoms with Crippen LogP contribution in [0.5, 0.6) is 0 Å². The lowest BCUT2D eigenvalue weighted by Crippen LogP contribution is -2.32. The first-order valence-electron chi connectivity index (χ1n) is 9.50. The van der Waals surface area contributed by atoms with Crippen LogP contribution in [0.15, 0.2) is 94.9 Å². The Bertz CT molecular complexity index is 1050. The van der Waals surface area contributed by atoms with Gasteiger partial charge in [-0.3, -0.25) is 0 Å². The molecule has 150 valence electrons. The number of nitrogens with one attached hydrogen (secondary N) is 1.